The number of aliphatic hydroxyl groups excluding tert-OH is 2. The summed E-state index contributed by atoms with van der Waals surface area (Å²) in [6.45, 7) is 1.71. The number of fused-ring (bicyclic) bond motifs is 1. The van der Waals surface area contributed by atoms with Crippen molar-refractivity contribution >= 4 is 22.9 Å². The Bertz CT molecular complexity index is 791. The molecule has 11 heteroatoms. The third-order valence-corrected chi connectivity index (χ3v) is 4.47. The largest absolute Gasteiger partial charge is 0.387 e. The van der Waals surface area contributed by atoms with Gasteiger partial charge in [-0.15, -0.1) is 0 Å². The molecule has 11 nitrogen and oxygen atoms in total. The first-order valence-corrected chi connectivity index (χ1v) is 7.89. The van der Waals surface area contributed by atoms with E-state index in [1.807, 2.05) is 0 Å². The lowest BCUT2D eigenvalue weighted by Crippen LogP contribution is -2.49. The molecule has 4 heterocycles. The van der Waals surface area contributed by atoms with Crippen LogP contribution in [-0.2, 0) is 14.3 Å². The Morgan fingerprint density at radius 3 is 2.72 bits per heavy atom. The second kappa shape index (κ2) is 6.19. The van der Waals surface area contributed by atoms with Crippen molar-refractivity contribution in [3.8, 4) is 0 Å². The minimum atomic E-state index is -1.36. The maximum absolute atomic E-state index is 12.6. The van der Waals surface area contributed by atoms with Gasteiger partial charge in [0.15, 0.2) is 23.8 Å². The number of anilines is 1. The van der Waals surface area contributed by atoms with E-state index in [1.165, 1.54) is 17.2 Å². The number of hydrogen-bond acceptors (Lipinski definition) is 9. The van der Waals surface area contributed by atoms with Gasteiger partial charge in [0.2, 0.25) is 0 Å². The summed E-state index contributed by atoms with van der Waals surface area (Å²) in [5.41, 5.74) is 6.46. The molecule has 2 aliphatic rings. The number of ether oxygens (including phenoxy) is 2. The predicted octanol–water partition coefficient (Wildman–Crippen LogP) is -2.11. The molecule has 134 valence electrons. The number of morpholine rings is 1. The molecule has 1 amide bonds. The van der Waals surface area contributed by atoms with Crippen molar-refractivity contribution in [3.05, 3.63) is 12.7 Å². The Morgan fingerprint density at radius 1 is 1.20 bits per heavy atom. The van der Waals surface area contributed by atoms with Gasteiger partial charge in [0, 0.05) is 13.1 Å². The number of hydrogen-bond donors (Lipinski definition) is 3. The average Bonchev–Trinajstić information content (AvgIpc) is 3.18. The van der Waals surface area contributed by atoms with Crippen molar-refractivity contribution in [1.82, 2.24) is 24.4 Å². The van der Waals surface area contributed by atoms with Crippen molar-refractivity contribution in [2.24, 2.45) is 0 Å². The second-order valence-electron chi connectivity index (χ2n) is 5.95. The van der Waals surface area contributed by atoms with Crippen molar-refractivity contribution in [2.75, 3.05) is 32.0 Å². The summed E-state index contributed by atoms with van der Waals surface area (Å²) in [7, 11) is 0. The Morgan fingerprint density at radius 2 is 1.96 bits per heavy atom. The van der Waals surface area contributed by atoms with Crippen molar-refractivity contribution in [3.63, 3.8) is 0 Å². The highest BCUT2D eigenvalue weighted by Gasteiger charge is 2.49. The fourth-order valence-electron chi connectivity index (χ4n) is 3.11. The molecule has 0 spiro atoms. The molecular weight excluding hydrogens is 332 g/mol. The van der Waals surface area contributed by atoms with E-state index in [9.17, 15) is 15.0 Å². The van der Waals surface area contributed by atoms with Crippen LogP contribution in [0.5, 0.6) is 0 Å². The van der Waals surface area contributed by atoms with Crippen molar-refractivity contribution < 1.29 is 24.5 Å². The molecule has 4 rings (SSSR count). The molecule has 2 aromatic heterocycles. The fourth-order valence-corrected chi connectivity index (χ4v) is 3.11. The maximum atomic E-state index is 12.6. The average molecular weight is 350 g/mol. The van der Waals surface area contributed by atoms with Gasteiger partial charge in [-0.05, 0) is 0 Å². The first kappa shape index (κ1) is 16.1. The molecular formula is C14H18N6O5. The Hall–Kier alpha value is -2.34. The molecule has 0 radical (unpaired) electrons. The number of carbonyl (C=O) groups excluding carboxylic acids is 1. The van der Waals surface area contributed by atoms with E-state index in [-0.39, 0.29) is 11.7 Å². The van der Waals surface area contributed by atoms with E-state index in [0.29, 0.717) is 37.5 Å². The van der Waals surface area contributed by atoms with Gasteiger partial charge in [-0.1, -0.05) is 0 Å². The van der Waals surface area contributed by atoms with E-state index in [4.69, 9.17) is 15.2 Å². The van der Waals surface area contributed by atoms with E-state index in [1.54, 1.807) is 4.90 Å². The SMILES string of the molecule is Nc1ncnc2c1ncn2C1O[C@H](C(=O)N2CCOCC2)[C@@H](O)[C@H]1O. The fraction of sp³-hybridized carbons (Fsp3) is 0.571. The Kier molecular flexibility index (Phi) is 4.00. The molecule has 1 unspecified atom stereocenters. The lowest BCUT2D eigenvalue weighted by atomic mass is 10.1. The van der Waals surface area contributed by atoms with Crippen LogP contribution in [0, 0.1) is 0 Å². The van der Waals surface area contributed by atoms with E-state index < -0.39 is 24.5 Å². The summed E-state index contributed by atoms with van der Waals surface area (Å²) in [5, 5.41) is 20.7. The summed E-state index contributed by atoms with van der Waals surface area (Å²) in [6, 6.07) is 0. The van der Waals surface area contributed by atoms with Crippen LogP contribution >= 0.6 is 0 Å². The van der Waals surface area contributed by atoms with Crippen molar-refractivity contribution in [2.45, 2.75) is 24.5 Å². The van der Waals surface area contributed by atoms with E-state index >= 15 is 0 Å². The highest BCUT2D eigenvalue weighted by molar-refractivity contribution is 5.83. The Balaban J connectivity index is 1.61. The van der Waals surface area contributed by atoms with Gasteiger partial charge < -0.3 is 30.3 Å². The van der Waals surface area contributed by atoms with Crippen LogP contribution in [0.2, 0.25) is 0 Å². The van der Waals surface area contributed by atoms with Gasteiger partial charge in [0.25, 0.3) is 5.91 Å². The summed E-state index contributed by atoms with van der Waals surface area (Å²) in [5.74, 6) is -0.186. The van der Waals surface area contributed by atoms with Gasteiger partial charge in [-0.25, -0.2) is 15.0 Å². The molecule has 0 bridgehead atoms. The topological polar surface area (TPSA) is 149 Å². The first-order valence-electron chi connectivity index (χ1n) is 7.89. The number of imidazole rings is 1. The molecule has 2 aromatic rings. The zero-order valence-electron chi connectivity index (χ0n) is 13.2. The lowest BCUT2D eigenvalue weighted by Gasteiger charge is -2.29. The third-order valence-electron chi connectivity index (χ3n) is 4.47. The smallest absolute Gasteiger partial charge is 0.254 e. The number of aliphatic hydroxyl groups is 2. The molecule has 0 aromatic carbocycles. The van der Waals surface area contributed by atoms with Crippen LogP contribution in [0.3, 0.4) is 0 Å². The highest BCUT2D eigenvalue weighted by Crippen LogP contribution is 2.32. The van der Waals surface area contributed by atoms with Crippen molar-refractivity contribution in [1.29, 1.82) is 0 Å². The summed E-state index contributed by atoms with van der Waals surface area (Å²) >= 11 is 0. The number of nitrogens with two attached hydrogens (primary N) is 1. The normalized spacial score (nSPS) is 30.1. The van der Waals surface area contributed by atoms with E-state index in [2.05, 4.69) is 15.0 Å². The summed E-state index contributed by atoms with van der Waals surface area (Å²) in [4.78, 5) is 26.2. The van der Waals surface area contributed by atoms with Crippen LogP contribution in [0.15, 0.2) is 12.7 Å². The number of nitrogen functional groups attached to an aromatic ring is 1. The predicted molar refractivity (Wildman–Crippen MR) is 83.1 cm³/mol. The molecule has 4 atom stereocenters. The van der Waals surface area contributed by atoms with Crippen LogP contribution in [0.1, 0.15) is 6.23 Å². The highest BCUT2D eigenvalue weighted by atomic mass is 16.6. The van der Waals surface area contributed by atoms with Gasteiger partial charge in [0.05, 0.1) is 19.5 Å². The maximum Gasteiger partial charge on any atom is 0.254 e. The zero-order chi connectivity index (χ0) is 17.6. The van der Waals surface area contributed by atoms with E-state index in [0.717, 1.165) is 0 Å². The minimum absolute atomic E-state index is 0.192. The third kappa shape index (κ3) is 2.61. The number of carbonyl (C=O) groups is 1. The Labute approximate surface area is 142 Å². The van der Waals surface area contributed by atoms with Gasteiger partial charge in [-0.3, -0.25) is 9.36 Å². The second-order valence-corrected chi connectivity index (χ2v) is 5.95. The number of amides is 1. The van der Waals surface area contributed by atoms with Gasteiger partial charge >= 0.3 is 0 Å². The number of rotatable bonds is 2. The summed E-state index contributed by atoms with van der Waals surface area (Å²) in [6.07, 6.45) is -2.21. The first-order chi connectivity index (χ1) is 12.1. The monoisotopic (exact) mass is 350 g/mol. The van der Waals surface area contributed by atoms with Crippen LogP contribution in [0.4, 0.5) is 5.82 Å². The molecule has 0 aliphatic carbocycles. The molecule has 2 aliphatic heterocycles. The van der Waals surface area contributed by atoms with Crippen LogP contribution in [-0.4, -0.2) is 85.2 Å². The molecule has 0 saturated carbocycles. The molecule has 2 saturated heterocycles. The minimum Gasteiger partial charge on any atom is -0.387 e. The number of aromatic nitrogens is 4. The zero-order valence-corrected chi connectivity index (χ0v) is 13.2. The lowest BCUT2D eigenvalue weighted by molar-refractivity contribution is -0.152. The van der Waals surface area contributed by atoms with Crippen LogP contribution < -0.4 is 5.73 Å². The molecule has 2 fully saturated rings. The van der Waals surface area contributed by atoms with Gasteiger partial charge in [0.1, 0.15) is 24.1 Å². The molecule has 25 heavy (non-hydrogen) atoms. The summed E-state index contributed by atoms with van der Waals surface area (Å²) < 4.78 is 12.3. The quantitative estimate of drug-likeness (QED) is 0.553. The number of nitrogens with zero attached hydrogens (tertiary/aromatic N) is 5. The van der Waals surface area contributed by atoms with Gasteiger partial charge in [-0.2, -0.15) is 0 Å². The standard InChI is InChI=1S/C14H18N6O5/c15-11-7-12(17-5-16-11)20(6-18-7)14-9(22)8(21)10(25-14)13(23)19-1-3-24-4-2-19/h5-6,8-10,14,21-22H,1-4H2,(H2,15,16,17)/t8-,9+,10-,14?/m0/s1. The van der Waals surface area contributed by atoms with Crippen LogP contribution in [0.25, 0.3) is 11.2 Å². The molecule has 4 N–H and O–H groups in total.